The Morgan fingerprint density at radius 1 is 1.03 bits per heavy atom. The van der Waals surface area contributed by atoms with Gasteiger partial charge >= 0.3 is 0 Å². The van der Waals surface area contributed by atoms with Gasteiger partial charge in [0.2, 0.25) is 5.91 Å². The fourth-order valence-corrected chi connectivity index (χ4v) is 5.98. The third-order valence-corrected chi connectivity index (χ3v) is 8.13. The van der Waals surface area contributed by atoms with Gasteiger partial charge in [-0.2, -0.15) is 0 Å². The Morgan fingerprint density at radius 2 is 1.81 bits per heavy atom. The number of halogens is 1. The van der Waals surface area contributed by atoms with Crippen molar-refractivity contribution < 1.29 is 14.3 Å². The van der Waals surface area contributed by atoms with Crippen LogP contribution in [0.1, 0.15) is 39.4 Å². The summed E-state index contributed by atoms with van der Waals surface area (Å²) < 4.78 is 5.38. The van der Waals surface area contributed by atoms with Crippen LogP contribution in [0, 0.1) is 0 Å². The summed E-state index contributed by atoms with van der Waals surface area (Å²) in [5.74, 6) is 0.186. The first-order valence-electron chi connectivity index (χ1n) is 12.9. The number of rotatable bonds is 7. The van der Waals surface area contributed by atoms with Crippen molar-refractivity contribution in [3.63, 3.8) is 0 Å². The predicted octanol–water partition coefficient (Wildman–Crippen LogP) is 4.37. The summed E-state index contributed by atoms with van der Waals surface area (Å²) in [4.78, 5) is 30.9. The number of para-hydroxylation sites is 1. The maximum atomic E-state index is 13.9. The molecule has 6 rings (SSSR count). The highest BCUT2D eigenvalue weighted by atomic mass is 35.5. The molecule has 1 saturated carbocycles. The molecule has 2 amide bonds. The molecular formula is C30H30ClN3O3. The molecule has 1 aliphatic carbocycles. The van der Waals surface area contributed by atoms with Gasteiger partial charge in [-0.3, -0.25) is 14.5 Å². The van der Waals surface area contributed by atoms with E-state index in [2.05, 4.69) is 16.3 Å². The van der Waals surface area contributed by atoms with Crippen molar-refractivity contribution in [1.29, 1.82) is 0 Å². The van der Waals surface area contributed by atoms with Gasteiger partial charge in [-0.25, -0.2) is 0 Å². The average Bonchev–Trinajstić information content (AvgIpc) is 3.64. The van der Waals surface area contributed by atoms with Crippen molar-refractivity contribution in [2.45, 2.75) is 24.3 Å². The van der Waals surface area contributed by atoms with Gasteiger partial charge < -0.3 is 15.0 Å². The van der Waals surface area contributed by atoms with Crippen LogP contribution in [0.4, 0.5) is 5.69 Å². The van der Waals surface area contributed by atoms with E-state index in [4.69, 9.17) is 16.3 Å². The lowest BCUT2D eigenvalue weighted by atomic mass is 9.92. The summed E-state index contributed by atoms with van der Waals surface area (Å²) in [7, 11) is 0. The molecule has 7 heteroatoms. The minimum atomic E-state index is -0.515. The number of fused-ring (bicyclic) bond motifs is 2. The van der Waals surface area contributed by atoms with Crippen LogP contribution in [0.2, 0.25) is 5.02 Å². The second-order valence-electron chi connectivity index (χ2n) is 10.1. The topological polar surface area (TPSA) is 61.9 Å². The zero-order valence-corrected chi connectivity index (χ0v) is 21.4. The smallest absolute Gasteiger partial charge is 0.251 e. The van der Waals surface area contributed by atoms with Gasteiger partial charge in [0.05, 0.1) is 25.2 Å². The highest BCUT2D eigenvalue weighted by Gasteiger charge is 2.67. The fraction of sp³-hybridized carbons (Fsp3) is 0.333. The van der Waals surface area contributed by atoms with Crippen LogP contribution in [0.15, 0.2) is 72.8 Å². The first-order chi connectivity index (χ1) is 18.1. The van der Waals surface area contributed by atoms with E-state index in [0.717, 1.165) is 61.6 Å². The molecule has 3 aromatic carbocycles. The second-order valence-corrected chi connectivity index (χ2v) is 10.5. The number of amides is 2. The molecule has 2 atom stereocenters. The van der Waals surface area contributed by atoms with Crippen LogP contribution < -0.4 is 10.2 Å². The highest BCUT2D eigenvalue weighted by molar-refractivity contribution is 6.30. The minimum absolute atomic E-state index is 0.0928. The van der Waals surface area contributed by atoms with Crippen LogP contribution in [0.3, 0.4) is 0 Å². The lowest BCUT2D eigenvalue weighted by Gasteiger charge is -2.26. The molecule has 0 unspecified atom stereocenters. The summed E-state index contributed by atoms with van der Waals surface area (Å²) in [5.41, 5.74) is 4.23. The molecule has 190 valence electrons. The Kier molecular flexibility index (Phi) is 6.49. The highest BCUT2D eigenvalue weighted by Crippen LogP contribution is 2.66. The number of anilines is 1. The number of carbonyl (C=O) groups excluding carboxylic acids is 2. The first-order valence-corrected chi connectivity index (χ1v) is 13.3. The van der Waals surface area contributed by atoms with Crippen molar-refractivity contribution in [3.05, 3.63) is 100 Å². The van der Waals surface area contributed by atoms with E-state index < -0.39 is 5.41 Å². The third kappa shape index (κ3) is 4.54. The molecule has 0 aromatic heterocycles. The summed E-state index contributed by atoms with van der Waals surface area (Å²) in [6.45, 7) is 5.13. The van der Waals surface area contributed by atoms with Crippen LogP contribution >= 0.6 is 11.6 Å². The molecular weight excluding hydrogens is 486 g/mol. The van der Waals surface area contributed by atoms with Crippen molar-refractivity contribution in [2.75, 3.05) is 44.3 Å². The largest absolute Gasteiger partial charge is 0.379 e. The van der Waals surface area contributed by atoms with Gasteiger partial charge in [-0.15, -0.1) is 0 Å². The van der Waals surface area contributed by atoms with E-state index in [1.807, 2.05) is 71.6 Å². The molecule has 2 aliphatic heterocycles. The molecule has 2 heterocycles. The summed E-state index contributed by atoms with van der Waals surface area (Å²) in [5, 5.41) is 3.73. The predicted molar refractivity (Wildman–Crippen MR) is 144 cm³/mol. The zero-order chi connectivity index (χ0) is 25.4. The van der Waals surface area contributed by atoms with E-state index in [1.165, 1.54) is 0 Å². The number of carbonyl (C=O) groups is 2. The normalized spacial score (nSPS) is 22.8. The maximum Gasteiger partial charge on any atom is 0.251 e. The van der Waals surface area contributed by atoms with Gasteiger partial charge in [0.15, 0.2) is 0 Å². The van der Waals surface area contributed by atoms with Gasteiger partial charge in [0.25, 0.3) is 5.91 Å². The molecule has 2 fully saturated rings. The summed E-state index contributed by atoms with van der Waals surface area (Å²) >= 11 is 6.10. The Balaban J connectivity index is 1.17. The Hall–Kier alpha value is -3.19. The Bertz CT molecular complexity index is 1320. The molecule has 0 bridgehead atoms. The molecule has 1 spiro atoms. The van der Waals surface area contributed by atoms with E-state index >= 15 is 0 Å². The molecule has 1 saturated heterocycles. The first kappa shape index (κ1) is 24.2. The van der Waals surface area contributed by atoms with Crippen LogP contribution in [0.5, 0.6) is 0 Å². The molecule has 1 N–H and O–H groups in total. The second kappa shape index (κ2) is 9.93. The standard InChI is InChI=1S/C30H30ClN3O3/c31-24-10-8-22(9-11-24)26-19-30(26)25-6-1-2-7-27(25)34(29(30)36)20-21-4-3-5-23(18-21)28(35)32-12-13-33-14-16-37-17-15-33/h1-11,18,26H,12-17,19-20H2,(H,32,35)/t26-,30-/m0/s1. The lowest BCUT2D eigenvalue weighted by Crippen LogP contribution is -2.41. The van der Waals surface area contributed by atoms with E-state index in [1.54, 1.807) is 0 Å². The summed E-state index contributed by atoms with van der Waals surface area (Å²) in [6.07, 6.45) is 0.798. The van der Waals surface area contributed by atoms with Crippen LogP contribution in [0.25, 0.3) is 0 Å². The zero-order valence-electron chi connectivity index (χ0n) is 20.7. The van der Waals surface area contributed by atoms with Crippen molar-refractivity contribution in [2.24, 2.45) is 0 Å². The number of ether oxygens (including phenoxy) is 1. The Morgan fingerprint density at radius 3 is 2.62 bits per heavy atom. The SMILES string of the molecule is O=C(NCCN1CCOCC1)c1cccc(CN2C(=O)[C@@]3(C[C@H]3c3ccc(Cl)cc3)c3ccccc32)c1. The van der Waals surface area contributed by atoms with Gasteiger partial charge in [-0.05, 0) is 53.4 Å². The van der Waals surface area contributed by atoms with E-state index in [0.29, 0.717) is 23.7 Å². The van der Waals surface area contributed by atoms with Crippen LogP contribution in [-0.2, 0) is 21.5 Å². The van der Waals surface area contributed by atoms with Crippen molar-refractivity contribution in [3.8, 4) is 0 Å². The monoisotopic (exact) mass is 515 g/mol. The number of hydrogen-bond donors (Lipinski definition) is 1. The maximum absolute atomic E-state index is 13.9. The van der Waals surface area contributed by atoms with Crippen molar-refractivity contribution in [1.82, 2.24) is 10.2 Å². The summed E-state index contributed by atoms with van der Waals surface area (Å²) in [6, 6.07) is 23.5. The number of nitrogens with one attached hydrogen (secondary N) is 1. The number of nitrogens with zero attached hydrogens (tertiary/aromatic N) is 2. The van der Waals surface area contributed by atoms with Crippen molar-refractivity contribution >= 4 is 29.1 Å². The minimum Gasteiger partial charge on any atom is -0.379 e. The van der Waals surface area contributed by atoms with E-state index in [-0.39, 0.29) is 17.7 Å². The van der Waals surface area contributed by atoms with Crippen LogP contribution in [-0.4, -0.2) is 56.1 Å². The van der Waals surface area contributed by atoms with E-state index in [9.17, 15) is 9.59 Å². The molecule has 3 aliphatic rings. The Labute approximate surface area is 222 Å². The quantitative estimate of drug-likeness (QED) is 0.507. The van der Waals surface area contributed by atoms with Gasteiger partial charge in [0, 0.05) is 48.4 Å². The number of hydrogen-bond acceptors (Lipinski definition) is 4. The average molecular weight is 516 g/mol. The molecule has 3 aromatic rings. The number of morpholine rings is 1. The van der Waals surface area contributed by atoms with Gasteiger partial charge in [0.1, 0.15) is 0 Å². The fourth-order valence-electron chi connectivity index (χ4n) is 5.85. The lowest BCUT2D eigenvalue weighted by molar-refractivity contribution is -0.120. The molecule has 37 heavy (non-hydrogen) atoms. The number of benzene rings is 3. The molecule has 6 nitrogen and oxygen atoms in total. The van der Waals surface area contributed by atoms with Gasteiger partial charge in [-0.1, -0.05) is 54.1 Å². The molecule has 0 radical (unpaired) electrons. The third-order valence-electron chi connectivity index (χ3n) is 7.88.